The molecule has 0 spiro atoms. The fourth-order valence-electron chi connectivity index (χ4n) is 2.55. The van der Waals surface area contributed by atoms with Crippen molar-refractivity contribution in [2.75, 3.05) is 6.54 Å². The van der Waals surface area contributed by atoms with Crippen molar-refractivity contribution >= 4 is 6.09 Å². The molecule has 1 amide bonds. The minimum Gasteiger partial charge on any atom is -0.475 e. The third-order valence-electron chi connectivity index (χ3n) is 3.38. The molecule has 0 aliphatic carbocycles. The molecule has 122 valence electrons. The molecule has 0 N–H and O–H groups in total. The van der Waals surface area contributed by atoms with Crippen molar-refractivity contribution in [1.82, 2.24) is 9.88 Å². The van der Waals surface area contributed by atoms with Crippen LogP contribution in [-0.2, 0) is 4.74 Å². The lowest BCUT2D eigenvalue weighted by Gasteiger charge is -2.28. The third kappa shape index (κ3) is 4.36. The number of likely N-dealkylation sites (tertiary alicyclic amines) is 1. The molecule has 1 aromatic heterocycles. The van der Waals surface area contributed by atoms with Gasteiger partial charge < -0.3 is 14.4 Å². The maximum Gasteiger partial charge on any atom is 0.410 e. The molecule has 2 rings (SSSR count). The predicted octanol–water partition coefficient (Wildman–Crippen LogP) is 3.94. The van der Waals surface area contributed by atoms with Gasteiger partial charge >= 0.3 is 6.09 Å². The number of nitrogens with zero attached hydrogens (tertiary/aromatic N) is 2. The van der Waals surface area contributed by atoms with Gasteiger partial charge in [-0.15, -0.1) is 0 Å². The van der Waals surface area contributed by atoms with Gasteiger partial charge in [0.2, 0.25) is 5.88 Å². The van der Waals surface area contributed by atoms with Gasteiger partial charge in [0, 0.05) is 18.8 Å². The smallest absolute Gasteiger partial charge is 0.410 e. The van der Waals surface area contributed by atoms with Crippen molar-refractivity contribution in [2.24, 2.45) is 0 Å². The first-order valence-corrected chi connectivity index (χ1v) is 7.88. The Hall–Kier alpha value is -1.78. The van der Waals surface area contributed by atoms with Gasteiger partial charge in [0.15, 0.2) is 0 Å². The van der Waals surface area contributed by atoms with Crippen LogP contribution in [0.3, 0.4) is 0 Å². The summed E-state index contributed by atoms with van der Waals surface area (Å²) in [6.07, 6.45) is 3.56. The molecule has 1 fully saturated rings. The number of hydrogen-bond acceptors (Lipinski definition) is 4. The van der Waals surface area contributed by atoms with E-state index in [9.17, 15) is 4.79 Å². The molecule has 1 saturated heterocycles. The van der Waals surface area contributed by atoms with Crippen LogP contribution in [0.2, 0.25) is 0 Å². The van der Waals surface area contributed by atoms with Gasteiger partial charge in [-0.2, -0.15) is 0 Å². The summed E-state index contributed by atoms with van der Waals surface area (Å²) in [5.74, 6) is 0.612. The molecule has 1 unspecified atom stereocenters. The standard InChI is InChI=1S/C17H26N2O3/c1-12(2)21-15-9-8-13(11-18-15)14-7-6-10-19(14)16(20)22-17(3,4)5/h8-9,11-12,14H,6-7,10H2,1-5H3. The van der Waals surface area contributed by atoms with E-state index in [1.54, 1.807) is 11.1 Å². The number of hydrogen-bond donors (Lipinski definition) is 0. The Balaban J connectivity index is 2.08. The van der Waals surface area contributed by atoms with E-state index in [1.165, 1.54) is 0 Å². The van der Waals surface area contributed by atoms with Gasteiger partial charge in [-0.1, -0.05) is 6.07 Å². The Morgan fingerprint density at radius 1 is 1.36 bits per heavy atom. The van der Waals surface area contributed by atoms with Gasteiger partial charge in [0.1, 0.15) is 5.60 Å². The van der Waals surface area contributed by atoms with Crippen LogP contribution in [0, 0.1) is 0 Å². The Morgan fingerprint density at radius 2 is 2.09 bits per heavy atom. The Morgan fingerprint density at radius 3 is 2.64 bits per heavy atom. The maximum absolute atomic E-state index is 12.3. The van der Waals surface area contributed by atoms with Crippen LogP contribution in [-0.4, -0.2) is 34.2 Å². The van der Waals surface area contributed by atoms with Crippen molar-refractivity contribution in [2.45, 2.75) is 65.2 Å². The number of pyridine rings is 1. The number of aromatic nitrogens is 1. The van der Waals surface area contributed by atoms with E-state index in [0.29, 0.717) is 5.88 Å². The normalized spacial score (nSPS) is 18.6. The minimum atomic E-state index is -0.475. The fraction of sp³-hybridized carbons (Fsp3) is 0.647. The molecule has 1 aliphatic rings. The first-order chi connectivity index (χ1) is 10.3. The van der Waals surface area contributed by atoms with E-state index < -0.39 is 5.60 Å². The molecular weight excluding hydrogens is 280 g/mol. The minimum absolute atomic E-state index is 0.0375. The van der Waals surface area contributed by atoms with Gasteiger partial charge in [0.25, 0.3) is 0 Å². The van der Waals surface area contributed by atoms with Crippen molar-refractivity contribution in [3.05, 3.63) is 23.9 Å². The second-order valence-electron chi connectivity index (χ2n) is 6.93. The average molecular weight is 306 g/mol. The van der Waals surface area contributed by atoms with Crippen LogP contribution in [0.4, 0.5) is 4.79 Å². The number of carbonyl (C=O) groups excluding carboxylic acids is 1. The zero-order chi connectivity index (χ0) is 16.3. The highest BCUT2D eigenvalue weighted by Gasteiger charge is 2.33. The molecule has 5 nitrogen and oxygen atoms in total. The van der Waals surface area contributed by atoms with Crippen LogP contribution in [0.1, 0.15) is 59.1 Å². The zero-order valence-corrected chi connectivity index (χ0v) is 14.1. The third-order valence-corrected chi connectivity index (χ3v) is 3.38. The molecule has 0 radical (unpaired) electrons. The summed E-state index contributed by atoms with van der Waals surface area (Å²) in [6, 6.07) is 3.88. The molecule has 2 heterocycles. The maximum atomic E-state index is 12.3. The summed E-state index contributed by atoms with van der Waals surface area (Å²) in [5.41, 5.74) is 0.553. The summed E-state index contributed by atoms with van der Waals surface area (Å²) in [5, 5.41) is 0. The summed E-state index contributed by atoms with van der Waals surface area (Å²) in [4.78, 5) is 18.4. The monoisotopic (exact) mass is 306 g/mol. The molecule has 0 saturated carbocycles. The van der Waals surface area contributed by atoms with Crippen molar-refractivity contribution in [3.8, 4) is 5.88 Å². The van der Waals surface area contributed by atoms with Gasteiger partial charge in [0.05, 0.1) is 12.1 Å². The van der Waals surface area contributed by atoms with Crippen molar-refractivity contribution in [3.63, 3.8) is 0 Å². The summed E-state index contributed by atoms with van der Waals surface area (Å²) in [6.45, 7) is 10.3. The SMILES string of the molecule is CC(C)Oc1ccc(C2CCCN2C(=O)OC(C)(C)C)cn1. The quantitative estimate of drug-likeness (QED) is 0.848. The van der Waals surface area contributed by atoms with E-state index in [1.807, 2.05) is 46.8 Å². The highest BCUT2D eigenvalue weighted by molar-refractivity contribution is 5.69. The lowest BCUT2D eigenvalue weighted by atomic mass is 10.1. The Bertz CT molecular complexity index is 506. The topological polar surface area (TPSA) is 51.7 Å². The molecule has 1 aliphatic heterocycles. The second-order valence-corrected chi connectivity index (χ2v) is 6.93. The first-order valence-electron chi connectivity index (χ1n) is 7.88. The molecule has 0 aromatic carbocycles. The largest absolute Gasteiger partial charge is 0.475 e. The zero-order valence-electron chi connectivity index (χ0n) is 14.1. The van der Waals surface area contributed by atoms with Crippen molar-refractivity contribution < 1.29 is 14.3 Å². The summed E-state index contributed by atoms with van der Waals surface area (Å²) >= 11 is 0. The molecule has 1 aromatic rings. The van der Waals surface area contributed by atoms with Crippen LogP contribution >= 0.6 is 0 Å². The number of rotatable bonds is 3. The Kier molecular flexibility index (Phi) is 4.94. The molecule has 1 atom stereocenters. The van der Waals surface area contributed by atoms with Crippen molar-refractivity contribution in [1.29, 1.82) is 0 Å². The highest BCUT2D eigenvalue weighted by atomic mass is 16.6. The predicted molar refractivity (Wildman–Crippen MR) is 84.9 cm³/mol. The molecule has 0 bridgehead atoms. The van der Waals surface area contributed by atoms with E-state index in [0.717, 1.165) is 24.9 Å². The molecule has 22 heavy (non-hydrogen) atoms. The Labute approximate surface area is 132 Å². The lowest BCUT2D eigenvalue weighted by molar-refractivity contribution is 0.0224. The van der Waals surface area contributed by atoms with E-state index in [4.69, 9.17) is 9.47 Å². The average Bonchev–Trinajstić information content (AvgIpc) is 2.86. The van der Waals surface area contributed by atoms with Crippen LogP contribution in [0.5, 0.6) is 5.88 Å². The summed E-state index contributed by atoms with van der Waals surface area (Å²) < 4.78 is 11.0. The van der Waals surface area contributed by atoms with Crippen LogP contribution in [0.25, 0.3) is 0 Å². The fourth-order valence-corrected chi connectivity index (χ4v) is 2.55. The van der Waals surface area contributed by atoms with Crippen LogP contribution in [0.15, 0.2) is 18.3 Å². The number of carbonyl (C=O) groups is 1. The second kappa shape index (κ2) is 6.55. The molecular formula is C17H26N2O3. The van der Waals surface area contributed by atoms with E-state index >= 15 is 0 Å². The van der Waals surface area contributed by atoms with Gasteiger partial charge in [-0.25, -0.2) is 9.78 Å². The molecule has 5 heteroatoms. The highest BCUT2D eigenvalue weighted by Crippen LogP contribution is 2.33. The number of ether oxygens (including phenoxy) is 2. The summed E-state index contributed by atoms with van der Waals surface area (Å²) in [7, 11) is 0. The lowest BCUT2D eigenvalue weighted by Crippen LogP contribution is -2.36. The van der Waals surface area contributed by atoms with Gasteiger partial charge in [-0.05, 0) is 53.0 Å². The van der Waals surface area contributed by atoms with Gasteiger partial charge in [-0.3, -0.25) is 0 Å². The van der Waals surface area contributed by atoms with E-state index in [2.05, 4.69) is 4.98 Å². The van der Waals surface area contributed by atoms with E-state index in [-0.39, 0.29) is 18.2 Å². The number of amides is 1. The first kappa shape index (κ1) is 16.6. The van der Waals surface area contributed by atoms with Crippen LogP contribution < -0.4 is 4.74 Å².